The highest BCUT2D eigenvalue weighted by molar-refractivity contribution is 7.99. The van der Waals surface area contributed by atoms with E-state index < -0.39 is 0 Å². The molecule has 7 heteroatoms. The van der Waals surface area contributed by atoms with Gasteiger partial charge in [-0.15, -0.1) is 10.2 Å². The van der Waals surface area contributed by atoms with Crippen LogP contribution in [-0.4, -0.2) is 39.3 Å². The van der Waals surface area contributed by atoms with Crippen LogP contribution in [0.4, 0.5) is 4.39 Å². The van der Waals surface area contributed by atoms with Gasteiger partial charge in [-0.1, -0.05) is 23.9 Å². The summed E-state index contributed by atoms with van der Waals surface area (Å²) < 4.78 is 18.7. The van der Waals surface area contributed by atoms with Crippen LogP contribution in [0.1, 0.15) is 37.6 Å². The molecule has 1 fully saturated rings. The predicted octanol–water partition coefficient (Wildman–Crippen LogP) is 3.29. The quantitative estimate of drug-likeness (QED) is 0.775. The van der Waals surface area contributed by atoms with Crippen LogP contribution < -0.4 is 0 Å². The summed E-state index contributed by atoms with van der Waals surface area (Å²) in [6, 6.07) is 6.60. The van der Waals surface area contributed by atoms with Gasteiger partial charge in [0.05, 0.1) is 12.2 Å². The van der Waals surface area contributed by atoms with Gasteiger partial charge < -0.3 is 9.32 Å². The number of thioether (sulfide) groups is 1. The first-order valence-electron chi connectivity index (χ1n) is 8.11. The van der Waals surface area contributed by atoms with Crippen LogP contribution in [0.2, 0.25) is 0 Å². The molecule has 24 heavy (non-hydrogen) atoms. The summed E-state index contributed by atoms with van der Waals surface area (Å²) in [6.45, 7) is 2.92. The molecule has 1 aromatic carbocycles. The van der Waals surface area contributed by atoms with Crippen molar-refractivity contribution in [2.45, 2.75) is 43.9 Å². The van der Waals surface area contributed by atoms with Crippen LogP contribution in [0.15, 0.2) is 33.9 Å². The SMILES string of the molecule is CC1CCCCN1C(=O)CSc1nnc(Cc2cccc(F)c2)o1. The second kappa shape index (κ2) is 7.79. The van der Waals surface area contributed by atoms with Crippen LogP contribution in [0.5, 0.6) is 0 Å². The molecule has 1 aliphatic rings. The number of rotatable bonds is 5. The molecule has 0 bridgehead atoms. The third-order valence-electron chi connectivity index (χ3n) is 4.14. The number of halogens is 1. The predicted molar refractivity (Wildman–Crippen MR) is 89.3 cm³/mol. The maximum absolute atomic E-state index is 13.2. The van der Waals surface area contributed by atoms with Gasteiger partial charge in [0.2, 0.25) is 11.8 Å². The highest BCUT2D eigenvalue weighted by Crippen LogP contribution is 2.21. The molecular formula is C17H20FN3O2S. The Balaban J connectivity index is 1.53. The second-order valence-corrected chi connectivity index (χ2v) is 6.92. The number of carbonyl (C=O) groups is 1. The Kier molecular flexibility index (Phi) is 5.50. The lowest BCUT2D eigenvalue weighted by molar-refractivity contribution is -0.131. The minimum absolute atomic E-state index is 0.108. The second-order valence-electron chi connectivity index (χ2n) is 5.99. The maximum atomic E-state index is 13.2. The lowest BCUT2D eigenvalue weighted by Crippen LogP contribution is -2.42. The Morgan fingerprint density at radius 3 is 3.08 bits per heavy atom. The molecule has 0 radical (unpaired) electrons. The smallest absolute Gasteiger partial charge is 0.277 e. The Bertz CT molecular complexity index is 707. The summed E-state index contributed by atoms with van der Waals surface area (Å²) in [5.41, 5.74) is 0.772. The topological polar surface area (TPSA) is 59.2 Å². The molecule has 1 atom stereocenters. The van der Waals surface area contributed by atoms with E-state index in [1.165, 1.54) is 30.3 Å². The van der Waals surface area contributed by atoms with Gasteiger partial charge in [-0.3, -0.25) is 4.79 Å². The number of carbonyl (C=O) groups excluding carboxylic acids is 1. The summed E-state index contributed by atoms with van der Waals surface area (Å²) >= 11 is 1.25. The molecule has 1 aromatic heterocycles. The monoisotopic (exact) mass is 349 g/mol. The number of aromatic nitrogens is 2. The van der Waals surface area contributed by atoms with E-state index in [2.05, 4.69) is 17.1 Å². The van der Waals surface area contributed by atoms with Gasteiger partial charge in [-0.25, -0.2) is 4.39 Å². The number of benzene rings is 1. The molecule has 2 aromatic rings. The van der Waals surface area contributed by atoms with Gasteiger partial charge in [-0.2, -0.15) is 0 Å². The van der Waals surface area contributed by atoms with E-state index in [1.807, 2.05) is 4.90 Å². The molecule has 1 saturated heterocycles. The van der Waals surface area contributed by atoms with Crippen LogP contribution >= 0.6 is 11.8 Å². The van der Waals surface area contributed by atoms with Crippen molar-refractivity contribution >= 4 is 17.7 Å². The van der Waals surface area contributed by atoms with Crippen molar-refractivity contribution < 1.29 is 13.6 Å². The number of nitrogens with zero attached hydrogens (tertiary/aromatic N) is 3. The number of hydrogen-bond donors (Lipinski definition) is 0. The molecule has 3 rings (SSSR count). The molecule has 1 aliphatic heterocycles. The van der Waals surface area contributed by atoms with Crippen molar-refractivity contribution in [3.8, 4) is 0 Å². The van der Waals surface area contributed by atoms with E-state index in [-0.39, 0.29) is 11.7 Å². The molecule has 1 unspecified atom stereocenters. The zero-order valence-electron chi connectivity index (χ0n) is 13.6. The Labute approximate surface area is 144 Å². The molecule has 0 N–H and O–H groups in total. The fourth-order valence-corrected chi connectivity index (χ4v) is 3.53. The summed E-state index contributed by atoms with van der Waals surface area (Å²) in [5, 5.41) is 8.29. The molecule has 2 heterocycles. The van der Waals surface area contributed by atoms with Gasteiger partial charge in [0.1, 0.15) is 5.82 Å². The first kappa shape index (κ1) is 17.0. The average Bonchev–Trinajstić information content (AvgIpc) is 3.00. The minimum atomic E-state index is -0.289. The fourth-order valence-electron chi connectivity index (χ4n) is 2.86. The Morgan fingerprint density at radius 1 is 1.42 bits per heavy atom. The average molecular weight is 349 g/mol. The highest BCUT2D eigenvalue weighted by atomic mass is 32.2. The van der Waals surface area contributed by atoms with Gasteiger partial charge in [-0.05, 0) is 43.9 Å². The largest absolute Gasteiger partial charge is 0.416 e. The van der Waals surface area contributed by atoms with Gasteiger partial charge in [0, 0.05) is 12.6 Å². The minimum Gasteiger partial charge on any atom is -0.416 e. The van der Waals surface area contributed by atoms with Crippen LogP contribution in [-0.2, 0) is 11.2 Å². The van der Waals surface area contributed by atoms with Crippen molar-refractivity contribution in [3.05, 3.63) is 41.5 Å². The molecule has 1 amide bonds. The van der Waals surface area contributed by atoms with E-state index in [0.29, 0.717) is 29.3 Å². The van der Waals surface area contributed by atoms with E-state index in [4.69, 9.17) is 4.42 Å². The van der Waals surface area contributed by atoms with Crippen molar-refractivity contribution in [1.29, 1.82) is 0 Å². The van der Waals surface area contributed by atoms with E-state index >= 15 is 0 Å². The van der Waals surface area contributed by atoms with Crippen molar-refractivity contribution in [2.75, 3.05) is 12.3 Å². The summed E-state index contributed by atoms with van der Waals surface area (Å²) in [7, 11) is 0. The van der Waals surface area contributed by atoms with Crippen molar-refractivity contribution in [2.24, 2.45) is 0 Å². The van der Waals surface area contributed by atoms with Crippen molar-refractivity contribution in [3.63, 3.8) is 0 Å². The number of likely N-dealkylation sites (tertiary alicyclic amines) is 1. The summed E-state index contributed by atoms with van der Waals surface area (Å²) in [4.78, 5) is 14.2. The molecule has 5 nitrogen and oxygen atoms in total. The summed E-state index contributed by atoms with van der Waals surface area (Å²) in [5.74, 6) is 0.535. The molecule has 128 valence electrons. The zero-order chi connectivity index (χ0) is 16.9. The van der Waals surface area contributed by atoms with E-state index in [0.717, 1.165) is 24.9 Å². The van der Waals surface area contributed by atoms with E-state index in [1.54, 1.807) is 12.1 Å². The zero-order valence-corrected chi connectivity index (χ0v) is 14.4. The lowest BCUT2D eigenvalue weighted by atomic mass is 10.0. The standard InChI is InChI=1S/C17H20FN3O2S/c1-12-5-2-3-8-21(12)16(22)11-24-17-20-19-15(23-17)10-13-6-4-7-14(18)9-13/h4,6-7,9,12H,2-3,5,8,10-11H2,1H3. The third-order valence-corrected chi connectivity index (χ3v) is 4.94. The number of amides is 1. The van der Waals surface area contributed by atoms with Gasteiger partial charge in [0.15, 0.2) is 0 Å². The Morgan fingerprint density at radius 2 is 2.29 bits per heavy atom. The Hall–Kier alpha value is -1.89. The normalized spacial score (nSPS) is 17.9. The number of hydrogen-bond acceptors (Lipinski definition) is 5. The summed E-state index contributed by atoms with van der Waals surface area (Å²) in [6.07, 6.45) is 3.70. The fraction of sp³-hybridized carbons (Fsp3) is 0.471. The molecule has 0 saturated carbocycles. The van der Waals surface area contributed by atoms with Gasteiger partial charge in [0.25, 0.3) is 5.22 Å². The van der Waals surface area contributed by atoms with Crippen LogP contribution in [0, 0.1) is 5.82 Å². The number of piperidine rings is 1. The maximum Gasteiger partial charge on any atom is 0.277 e. The molecule has 0 aliphatic carbocycles. The first-order valence-corrected chi connectivity index (χ1v) is 9.09. The molecular weight excluding hydrogens is 329 g/mol. The third kappa shape index (κ3) is 4.35. The molecule has 0 spiro atoms. The van der Waals surface area contributed by atoms with Crippen LogP contribution in [0.3, 0.4) is 0 Å². The van der Waals surface area contributed by atoms with E-state index in [9.17, 15) is 9.18 Å². The lowest BCUT2D eigenvalue weighted by Gasteiger charge is -2.33. The first-order chi connectivity index (χ1) is 11.6. The van der Waals surface area contributed by atoms with Gasteiger partial charge >= 0.3 is 0 Å². The van der Waals surface area contributed by atoms with Crippen LogP contribution in [0.25, 0.3) is 0 Å². The highest BCUT2D eigenvalue weighted by Gasteiger charge is 2.23. The van der Waals surface area contributed by atoms with Crippen molar-refractivity contribution in [1.82, 2.24) is 15.1 Å².